The number of carbonyl (C=O) groups is 1. The summed E-state index contributed by atoms with van der Waals surface area (Å²) >= 11 is 0. The van der Waals surface area contributed by atoms with Crippen LogP contribution >= 0.6 is 0 Å². The highest BCUT2D eigenvalue weighted by Crippen LogP contribution is 2.33. The van der Waals surface area contributed by atoms with Gasteiger partial charge < -0.3 is 14.2 Å². The second-order valence-electron chi connectivity index (χ2n) is 6.18. The van der Waals surface area contributed by atoms with Crippen LogP contribution in [0.4, 0.5) is 0 Å². The molecule has 2 aliphatic heterocycles. The number of benzene rings is 2. The van der Waals surface area contributed by atoms with Gasteiger partial charge in [0.05, 0.1) is 19.3 Å². The van der Waals surface area contributed by atoms with E-state index in [-0.39, 0.29) is 11.8 Å². The van der Waals surface area contributed by atoms with Crippen molar-refractivity contribution in [3.05, 3.63) is 59.7 Å². The summed E-state index contributed by atoms with van der Waals surface area (Å²) in [5.74, 6) is 1.42. The number of ether oxygens (including phenoxy) is 3. The van der Waals surface area contributed by atoms with Crippen LogP contribution in [0.1, 0.15) is 22.0 Å². The fourth-order valence-corrected chi connectivity index (χ4v) is 3.35. The van der Waals surface area contributed by atoms with E-state index in [1.54, 1.807) is 6.07 Å². The molecule has 0 N–H and O–H groups in total. The van der Waals surface area contributed by atoms with E-state index in [0.29, 0.717) is 43.5 Å². The van der Waals surface area contributed by atoms with E-state index in [4.69, 9.17) is 14.2 Å². The molecule has 0 spiro atoms. The van der Waals surface area contributed by atoms with Gasteiger partial charge in [0.25, 0.3) is 0 Å². The van der Waals surface area contributed by atoms with Crippen molar-refractivity contribution < 1.29 is 19.0 Å². The van der Waals surface area contributed by atoms with Crippen molar-refractivity contribution in [1.82, 2.24) is 4.90 Å². The Balaban J connectivity index is 1.67. The van der Waals surface area contributed by atoms with Crippen LogP contribution in [0.2, 0.25) is 0 Å². The van der Waals surface area contributed by atoms with E-state index >= 15 is 0 Å². The SMILES string of the molecule is O=C(c1ccc2c(c1)OCCO2)[C@H](c1ccccc1)N1CCOCC1. The maximum atomic E-state index is 13.4. The van der Waals surface area contributed by atoms with E-state index in [1.807, 2.05) is 42.5 Å². The molecule has 0 saturated carbocycles. The van der Waals surface area contributed by atoms with Crippen LogP contribution in [0.5, 0.6) is 11.5 Å². The van der Waals surface area contributed by atoms with Gasteiger partial charge in [-0.2, -0.15) is 0 Å². The van der Waals surface area contributed by atoms with Crippen molar-refractivity contribution in [2.75, 3.05) is 39.5 Å². The van der Waals surface area contributed by atoms with Crippen LogP contribution < -0.4 is 9.47 Å². The summed E-state index contributed by atoms with van der Waals surface area (Å²) in [6.07, 6.45) is 0. The zero-order valence-electron chi connectivity index (χ0n) is 14.0. The van der Waals surface area contributed by atoms with Crippen molar-refractivity contribution in [2.24, 2.45) is 0 Å². The Labute approximate surface area is 147 Å². The highest BCUT2D eigenvalue weighted by Gasteiger charge is 2.30. The predicted octanol–water partition coefficient (Wildman–Crippen LogP) is 2.71. The first-order chi connectivity index (χ1) is 12.3. The fourth-order valence-electron chi connectivity index (χ4n) is 3.35. The number of Topliss-reactive ketones (excluding diaryl/α,β-unsaturated/α-hetero) is 1. The third-order valence-electron chi connectivity index (χ3n) is 4.60. The second kappa shape index (κ2) is 7.25. The molecule has 2 aromatic carbocycles. The molecule has 2 heterocycles. The number of ketones is 1. The van der Waals surface area contributed by atoms with Gasteiger partial charge in [0.1, 0.15) is 13.2 Å². The quantitative estimate of drug-likeness (QED) is 0.802. The Hall–Kier alpha value is -2.37. The molecule has 4 rings (SSSR count). The van der Waals surface area contributed by atoms with Gasteiger partial charge in [-0.25, -0.2) is 0 Å². The van der Waals surface area contributed by atoms with Crippen LogP contribution in [0.15, 0.2) is 48.5 Å². The van der Waals surface area contributed by atoms with Gasteiger partial charge in [0.2, 0.25) is 0 Å². The normalized spacial score (nSPS) is 18.6. The van der Waals surface area contributed by atoms with E-state index in [0.717, 1.165) is 18.7 Å². The molecule has 0 unspecified atom stereocenters. The molecule has 1 atom stereocenters. The van der Waals surface area contributed by atoms with Crippen molar-refractivity contribution in [3.8, 4) is 11.5 Å². The maximum absolute atomic E-state index is 13.4. The minimum atomic E-state index is -0.312. The highest BCUT2D eigenvalue weighted by molar-refractivity contribution is 6.01. The summed E-state index contributed by atoms with van der Waals surface area (Å²) < 4.78 is 16.6. The molecule has 0 aromatic heterocycles. The maximum Gasteiger partial charge on any atom is 0.184 e. The summed E-state index contributed by atoms with van der Waals surface area (Å²) in [5.41, 5.74) is 1.65. The van der Waals surface area contributed by atoms with Crippen molar-refractivity contribution in [2.45, 2.75) is 6.04 Å². The molecule has 25 heavy (non-hydrogen) atoms. The molecule has 2 aliphatic rings. The summed E-state index contributed by atoms with van der Waals surface area (Å²) in [5, 5.41) is 0. The zero-order chi connectivity index (χ0) is 17.1. The molecule has 0 radical (unpaired) electrons. The van der Waals surface area contributed by atoms with Gasteiger partial charge in [-0.1, -0.05) is 30.3 Å². The summed E-state index contributed by atoms with van der Waals surface area (Å²) in [4.78, 5) is 15.5. The van der Waals surface area contributed by atoms with Crippen LogP contribution in [-0.2, 0) is 4.74 Å². The Bertz CT molecular complexity index is 741. The first-order valence-electron chi connectivity index (χ1n) is 8.63. The molecule has 1 fully saturated rings. The lowest BCUT2D eigenvalue weighted by molar-refractivity contribution is 0.0172. The lowest BCUT2D eigenvalue weighted by Gasteiger charge is -2.34. The number of hydrogen-bond donors (Lipinski definition) is 0. The number of fused-ring (bicyclic) bond motifs is 1. The minimum absolute atomic E-state index is 0.0741. The molecule has 0 aliphatic carbocycles. The van der Waals surface area contributed by atoms with Gasteiger partial charge >= 0.3 is 0 Å². The molecular formula is C20H21NO4. The van der Waals surface area contributed by atoms with E-state index < -0.39 is 0 Å². The minimum Gasteiger partial charge on any atom is -0.486 e. The van der Waals surface area contributed by atoms with Crippen molar-refractivity contribution in [3.63, 3.8) is 0 Å². The molecule has 0 amide bonds. The number of morpholine rings is 1. The van der Waals surface area contributed by atoms with Gasteiger partial charge in [-0.05, 0) is 23.8 Å². The molecule has 5 heteroatoms. The largest absolute Gasteiger partial charge is 0.486 e. The van der Waals surface area contributed by atoms with Crippen molar-refractivity contribution in [1.29, 1.82) is 0 Å². The van der Waals surface area contributed by atoms with Gasteiger partial charge in [0.15, 0.2) is 17.3 Å². The molecular weight excluding hydrogens is 318 g/mol. The average molecular weight is 339 g/mol. The Morgan fingerprint density at radius 1 is 0.880 bits per heavy atom. The third-order valence-corrected chi connectivity index (χ3v) is 4.60. The van der Waals surface area contributed by atoms with E-state index in [2.05, 4.69) is 4.90 Å². The Morgan fingerprint density at radius 3 is 2.36 bits per heavy atom. The summed E-state index contributed by atoms with van der Waals surface area (Å²) in [6.45, 7) is 3.85. The number of rotatable bonds is 4. The van der Waals surface area contributed by atoms with Gasteiger partial charge in [-0.15, -0.1) is 0 Å². The highest BCUT2D eigenvalue weighted by atomic mass is 16.6. The first-order valence-corrected chi connectivity index (χ1v) is 8.63. The average Bonchev–Trinajstić information content (AvgIpc) is 2.69. The first kappa shape index (κ1) is 16.1. The fraction of sp³-hybridized carbons (Fsp3) is 0.350. The van der Waals surface area contributed by atoms with Crippen molar-refractivity contribution >= 4 is 5.78 Å². The molecule has 5 nitrogen and oxygen atoms in total. The van der Waals surface area contributed by atoms with Crippen LogP contribution in [-0.4, -0.2) is 50.2 Å². The second-order valence-corrected chi connectivity index (χ2v) is 6.18. The third kappa shape index (κ3) is 3.38. The zero-order valence-corrected chi connectivity index (χ0v) is 14.0. The van der Waals surface area contributed by atoms with Gasteiger partial charge in [-0.3, -0.25) is 9.69 Å². The van der Waals surface area contributed by atoms with Gasteiger partial charge in [0, 0.05) is 18.7 Å². The van der Waals surface area contributed by atoms with Crippen LogP contribution in [0.3, 0.4) is 0 Å². The monoisotopic (exact) mass is 339 g/mol. The Kier molecular flexibility index (Phi) is 4.68. The topological polar surface area (TPSA) is 48.0 Å². The van der Waals surface area contributed by atoms with E-state index in [9.17, 15) is 4.79 Å². The molecule has 1 saturated heterocycles. The lowest BCUT2D eigenvalue weighted by atomic mass is 9.95. The number of carbonyl (C=O) groups excluding carboxylic acids is 1. The summed E-state index contributed by atoms with van der Waals surface area (Å²) in [6, 6.07) is 15.1. The predicted molar refractivity (Wildman–Crippen MR) is 93.3 cm³/mol. The molecule has 130 valence electrons. The summed E-state index contributed by atoms with van der Waals surface area (Å²) in [7, 11) is 0. The standard InChI is InChI=1S/C20H21NO4/c22-20(16-6-7-17-18(14-16)25-13-12-24-17)19(15-4-2-1-3-5-15)21-8-10-23-11-9-21/h1-7,14,19H,8-13H2/t19-/m0/s1. The molecule has 2 aromatic rings. The number of nitrogens with zero attached hydrogens (tertiary/aromatic N) is 1. The van der Waals surface area contributed by atoms with E-state index in [1.165, 1.54) is 0 Å². The van der Waals surface area contributed by atoms with Crippen LogP contribution in [0.25, 0.3) is 0 Å². The Morgan fingerprint density at radius 2 is 1.60 bits per heavy atom. The van der Waals surface area contributed by atoms with Crippen LogP contribution in [0, 0.1) is 0 Å². The smallest absolute Gasteiger partial charge is 0.184 e. The molecule has 0 bridgehead atoms. The number of hydrogen-bond acceptors (Lipinski definition) is 5. The lowest BCUT2D eigenvalue weighted by Crippen LogP contribution is -2.42.